The Morgan fingerprint density at radius 2 is 2.04 bits per heavy atom. The first-order valence-corrected chi connectivity index (χ1v) is 7.43. The molecule has 118 valence electrons. The molecule has 0 radical (unpaired) electrons. The van der Waals surface area contributed by atoms with Gasteiger partial charge in [-0.15, -0.1) is 0 Å². The van der Waals surface area contributed by atoms with Crippen LogP contribution in [0.3, 0.4) is 0 Å². The van der Waals surface area contributed by atoms with Gasteiger partial charge in [0.1, 0.15) is 5.69 Å². The summed E-state index contributed by atoms with van der Waals surface area (Å²) in [6, 6.07) is 14.5. The number of pyridine rings is 1. The first-order chi connectivity index (χ1) is 11.8. The van der Waals surface area contributed by atoms with E-state index in [4.69, 9.17) is 8.94 Å². The Bertz CT molecular complexity index is 976. The Morgan fingerprint density at radius 1 is 1.12 bits per heavy atom. The zero-order valence-corrected chi connectivity index (χ0v) is 12.6. The Morgan fingerprint density at radius 3 is 2.83 bits per heavy atom. The summed E-state index contributed by atoms with van der Waals surface area (Å²) in [6.45, 7) is 0.269. The van der Waals surface area contributed by atoms with E-state index in [-0.39, 0.29) is 12.5 Å². The second kappa shape index (κ2) is 6.00. The summed E-state index contributed by atoms with van der Waals surface area (Å²) in [5.74, 6) is 0.996. The van der Waals surface area contributed by atoms with Crippen molar-refractivity contribution in [2.75, 3.05) is 0 Å². The number of carbonyl (C=O) groups excluding carboxylic acids is 1. The van der Waals surface area contributed by atoms with E-state index < -0.39 is 0 Å². The van der Waals surface area contributed by atoms with Gasteiger partial charge in [0.05, 0.1) is 30.1 Å². The number of nitrogens with one attached hydrogen (secondary N) is 1. The molecule has 0 fully saturated rings. The van der Waals surface area contributed by atoms with Crippen LogP contribution >= 0.6 is 0 Å². The van der Waals surface area contributed by atoms with E-state index in [9.17, 15) is 4.79 Å². The van der Waals surface area contributed by atoms with E-state index in [1.54, 1.807) is 30.7 Å². The van der Waals surface area contributed by atoms with Gasteiger partial charge in [-0.3, -0.25) is 4.79 Å². The van der Waals surface area contributed by atoms with Crippen LogP contribution in [0.4, 0.5) is 0 Å². The maximum Gasteiger partial charge on any atom is 0.252 e. The molecule has 0 bridgehead atoms. The van der Waals surface area contributed by atoms with Gasteiger partial charge in [0.25, 0.3) is 5.91 Å². The molecule has 0 saturated carbocycles. The highest BCUT2D eigenvalue weighted by Crippen LogP contribution is 2.25. The van der Waals surface area contributed by atoms with Crippen LogP contribution in [0.25, 0.3) is 22.4 Å². The van der Waals surface area contributed by atoms with Crippen LogP contribution in [-0.4, -0.2) is 16.0 Å². The molecular formula is C18H13N3O3. The Balaban J connectivity index is 1.73. The van der Waals surface area contributed by atoms with Crippen LogP contribution in [-0.2, 0) is 6.54 Å². The SMILES string of the molecule is O=C(NCc1ccno1)c1cc(-c2ccco2)nc2ccccc12. The summed E-state index contributed by atoms with van der Waals surface area (Å²) in [5.41, 5.74) is 1.88. The van der Waals surface area contributed by atoms with Crippen LogP contribution in [0.2, 0.25) is 0 Å². The van der Waals surface area contributed by atoms with Crippen LogP contribution in [0, 0.1) is 0 Å². The predicted octanol–water partition coefficient (Wildman–Crippen LogP) is 3.41. The van der Waals surface area contributed by atoms with Crippen molar-refractivity contribution < 1.29 is 13.7 Å². The summed E-state index contributed by atoms with van der Waals surface area (Å²) in [5, 5.41) is 7.24. The van der Waals surface area contributed by atoms with Gasteiger partial charge < -0.3 is 14.3 Å². The molecule has 4 aromatic rings. The van der Waals surface area contributed by atoms with E-state index >= 15 is 0 Å². The predicted molar refractivity (Wildman–Crippen MR) is 87.1 cm³/mol. The normalized spacial score (nSPS) is 10.8. The molecule has 3 aromatic heterocycles. The van der Waals surface area contributed by atoms with Crippen molar-refractivity contribution in [3.63, 3.8) is 0 Å². The largest absolute Gasteiger partial charge is 0.463 e. The minimum Gasteiger partial charge on any atom is -0.463 e. The monoisotopic (exact) mass is 319 g/mol. The molecule has 1 N–H and O–H groups in total. The van der Waals surface area contributed by atoms with Crippen LogP contribution < -0.4 is 5.32 Å². The van der Waals surface area contributed by atoms with Crippen LogP contribution in [0.15, 0.2) is 69.9 Å². The zero-order valence-electron chi connectivity index (χ0n) is 12.6. The fourth-order valence-electron chi connectivity index (χ4n) is 2.51. The summed E-state index contributed by atoms with van der Waals surface area (Å²) >= 11 is 0. The van der Waals surface area contributed by atoms with Crippen molar-refractivity contribution in [1.29, 1.82) is 0 Å². The molecule has 0 aliphatic heterocycles. The number of amides is 1. The van der Waals surface area contributed by atoms with E-state index in [1.165, 1.54) is 0 Å². The number of carbonyl (C=O) groups is 1. The van der Waals surface area contributed by atoms with Gasteiger partial charge in [-0.25, -0.2) is 4.98 Å². The number of hydrogen-bond donors (Lipinski definition) is 1. The van der Waals surface area contributed by atoms with Crippen LogP contribution in [0.5, 0.6) is 0 Å². The van der Waals surface area contributed by atoms with E-state index in [0.717, 1.165) is 10.9 Å². The molecule has 0 spiro atoms. The number of rotatable bonds is 4. The molecule has 0 atom stereocenters. The lowest BCUT2D eigenvalue weighted by Gasteiger charge is -2.09. The zero-order chi connectivity index (χ0) is 16.4. The van der Waals surface area contributed by atoms with Crippen molar-refractivity contribution >= 4 is 16.8 Å². The summed E-state index contributed by atoms with van der Waals surface area (Å²) in [6.07, 6.45) is 3.12. The Hall–Kier alpha value is -3.41. The molecule has 4 rings (SSSR count). The maximum absolute atomic E-state index is 12.6. The van der Waals surface area contributed by atoms with Crippen LogP contribution in [0.1, 0.15) is 16.1 Å². The van der Waals surface area contributed by atoms with Gasteiger partial charge in [0.15, 0.2) is 11.5 Å². The lowest BCUT2D eigenvalue weighted by atomic mass is 10.1. The highest BCUT2D eigenvalue weighted by Gasteiger charge is 2.15. The topological polar surface area (TPSA) is 81.2 Å². The van der Waals surface area contributed by atoms with Crippen molar-refractivity contribution in [3.8, 4) is 11.5 Å². The highest BCUT2D eigenvalue weighted by molar-refractivity contribution is 6.07. The molecule has 1 amide bonds. The van der Waals surface area contributed by atoms with Gasteiger partial charge in [-0.1, -0.05) is 23.4 Å². The number of furan rings is 1. The number of para-hydroxylation sites is 1. The molecule has 6 nitrogen and oxygen atoms in total. The molecular weight excluding hydrogens is 306 g/mol. The number of aromatic nitrogens is 2. The van der Waals surface area contributed by atoms with E-state index in [0.29, 0.717) is 22.8 Å². The highest BCUT2D eigenvalue weighted by atomic mass is 16.5. The third-order valence-electron chi connectivity index (χ3n) is 3.65. The molecule has 1 aromatic carbocycles. The summed E-state index contributed by atoms with van der Waals surface area (Å²) < 4.78 is 10.4. The van der Waals surface area contributed by atoms with Crippen molar-refractivity contribution in [2.45, 2.75) is 6.54 Å². The third kappa shape index (κ3) is 2.65. The van der Waals surface area contributed by atoms with Crippen molar-refractivity contribution in [2.24, 2.45) is 0 Å². The molecule has 6 heteroatoms. The Labute approximate surface area is 137 Å². The lowest BCUT2D eigenvalue weighted by Crippen LogP contribution is -2.23. The fraction of sp³-hybridized carbons (Fsp3) is 0.0556. The maximum atomic E-state index is 12.6. The average molecular weight is 319 g/mol. The lowest BCUT2D eigenvalue weighted by molar-refractivity contribution is 0.0948. The fourth-order valence-corrected chi connectivity index (χ4v) is 2.51. The van der Waals surface area contributed by atoms with Crippen molar-refractivity contribution in [1.82, 2.24) is 15.5 Å². The van der Waals surface area contributed by atoms with Gasteiger partial charge >= 0.3 is 0 Å². The van der Waals surface area contributed by atoms with Gasteiger partial charge in [0.2, 0.25) is 0 Å². The minimum atomic E-state index is -0.210. The smallest absolute Gasteiger partial charge is 0.252 e. The molecule has 0 unspecified atom stereocenters. The average Bonchev–Trinajstić information content (AvgIpc) is 3.32. The summed E-state index contributed by atoms with van der Waals surface area (Å²) in [4.78, 5) is 17.2. The number of hydrogen-bond acceptors (Lipinski definition) is 5. The molecule has 0 saturated heterocycles. The number of fused-ring (bicyclic) bond motifs is 1. The first kappa shape index (κ1) is 14.2. The first-order valence-electron chi connectivity index (χ1n) is 7.43. The summed E-state index contributed by atoms with van der Waals surface area (Å²) in [7, 11) is 0. The molecule has 0 aliphatic rings. The molecule has 24 heavy (non-hydrogen) atoms. The standard InChI is InChI=1S/C18H13N3O3/c22-18(19-11-12-7-8-20-24-12)14-10-16(17-6-3-9-23-17)21-15-5-2-1-4-13(14)15/h1-10H,11H2,(H,19,22). The molecule has 0 aliphatic carbocycles. The van der Waals surface area contributed by atoms with Crippen molar-refractivity contribution in [3.05, 3.63) is 72.3 Å². The number of nitrogens with zero attached hydrogens (tertiary/aromatic N) is 2. The number of benzene rings is 1. The van der Waals surface area contributed by atoms with E-state index in [2.05, 4.69) is 15.5 Å². The van der Waals surface area contributed by atoms with E-state index in [1.807, 2.05) is 30.3 Å². The quantitative estimate of drug-likeness (QED) is 0.623. The third-order valence-corrected chi connectivity index (χ3v) is 3.65. The minimum absolute atomic E-state index is 0.210. The second-order valence-electron chi connectivity index (χ2n) is 5.21. The second-order valence-corrected chi connectivity index (χ2v) is 5.21. The van der Waals surface area contributed by atoms with Gasteiger partial charge in [0, 0.05) is 11.5 Å². The van der Waals surface area contributed by atoms with Gasteiger partial charge in [-0.05, 0) is 24.3 Å². The van der Waals surface area contributed by atoms with Gasteiger partial charge in [-0.2, -0.15) is 0 Å². The Kier molecular flexibility index (Phi) is 3.55. The molecule has 3 heterocycles.